The second kappa shape index (κ2) is 7.50. The smallest absolute Gasteiger partial charge is 0.137 e. The van der Waals surface area contributed by atoms with Crippen molar-refractivity contribution in [3.8, 4) is 0 Å². The maximum Gasteiger partial charge on any atom is 0.137 e. The lowest BCUT2D eigenvalue weighted by Crippen LogP contribution is -2.41. The first-order chi connectivity index (χ1) is 9.65. The minimum absolute atomic E-state index is 0.0835. The summed E-state index contributed by atoms with van der Waals surface area (Å²) in [6.45, 7) is 5.19. The molecule has 20 heavy (non-hydrogen) atoms. The Morgan fingerprint density at radius 1 is 1.45 bits per heavy atom. The standard InChI is InChI=1S/C15H22BrFN2O/c1-2-20-12-5-7-19(8-6-12)15(10-18)11-3-4-13(16)14(17)9-11/h3-4,9,12,15H,2,5-8,10,18H2,1H3. The summed E-state index contributed by atoms with van der Waals surface area (Å²) in [4.78, 5) is 2.33. The summed E-state index contributed by atoms with van der Waals surface area (Å²) in [6, 6.07) is 5.36. The molecule has 1 aliphatic rings. The van der Waals surface area contributed by atoms with Crippen LogP contribution in [0.4, 0.5) is 4.39 Å². The van der Waals surface area contributed by atoms with E-state index in [1.165, 1.54) is 0 Å². The van der Waals surface area contributed by atoms with Crippen LogP contribution in [0.2, 0.25) is 0 Å². The quantitative estimate of drug-likeness (QED) is 0.891. The van der Waals surface area contributed by atoms with Crippen molar-refractivity contribution >= 4 is 15.9 Å². The zero-order valence-corrected chi connectivity index (χ0v) is 13.4. The van der Waals surface area contributed by atoms with E-state index in [-0.39, 0.29) is 11.9 Å². The average Bonchev–Trinajstić information content (AvgIpc) is 2.46. The van der Waals surface area contributed by atoms with Crippen molar-refractivity contribution in [1.82, 2.24) is 4.90 Å². The normalized spacial score (nSPS) is 19.2. The van der Waals surface area contributed by atoms with E-state index in [0.29, 0.717) is 17.1 Å². The van der Waals surface area contributed by atoms with E-state index in [9.17, 15) is 4.39 Å². The third-order valence-corrected chi connectivity index (χ3v) is 4.51. The molecule has 2 N–H and O–H groups in total. The van der Waals surface area contributed by atoms with Gasteiger partial charge in [-0.1, -0.05) is 6.07 Å². The Morgan fingerprint density at radius 2 is 2.15 bits per heavy atom. The molecule has 1 fully saturated rings. The number of hydrogen-bond donors (Lipinski definition) is 1. The molecular weight excluding hydrogens is 323 g/mol. The Balaban J connectivity index is 2.03. The molecule has 0 bridgehead atoms. The van der Waals surface area contributed by atoms with Crippen LogP contribution < -0.4 is 5.73 Å². The minimum atomic E-state index is -0.231. The fourth-order valence-electron chi connectivity index (χ4n) is 2.81. The first kappa shape index (κ1) is 15.9. The molecule has 1 atom stereocenters. The molecule has 0 amide bonds. The third-order valence-electron chi connectivity index (χ3n) is 3.87. The highest BCUT2D eigenvalue weighted by atomic mass is 79.9. The number of piperidine rings is 1. The van der Waals surface area contributed by atoms with Crippen LogP contribution in [0.25, 0.3) is 0 Å². The van der Waals surface area contributed by atoms with E-state index < -0.39 is 0 Å². The van der Waals surface area contributed by atoms with Crippen LogP contribution in [0, 0.1) is 5.82 Å². The Kier molecular flexibility index (Phi) is 5.96. The summed E-state index contributed by atoms with van der Waals surface area (Å²) >= 11 is 3.19. The van der Waals surface area contributed by atoms with Gasteiger partial charge in [0, 0.05) is 32.3 Å². The van der Waals surface area contributed by atoms with E-state index in [0.717, 1.165) is 38.1 Å². The number of hydrogen-bond acceptors (Lipinski definition) is 3. The molecule has 0 aromatic heterocycles. The molecular formula is C15H22BrFN2O. The monoisotopic (exact) mass is 344 g/mol. The predicted molar refractivity (Wildman–Crippen MR) is 82.1 cm³/mol. The van der Waals surface area contributed by atoms with E-state index in [2.05, 4.69) is 20.8 Å². The van der Waals surface area contributed by atoms with Crippen LogP contribution in [0.15, 0.2) is 22.7 Å². The molecule has 112 valence electrons. The molecule has 1 aromatic carbocycles. The van der Waals surface area contributed by atoms with Crippen molar-refractivity contribution in [1.29, 1.82) is 0 Å². The number of ether oxygens (including phenoxy) is 1. The summed E-state index contributed by atoms with van der Waals surface area (Å²) in [5.41, 5.74) is 6.86. The van der Waals surface area contributed by atoms with Gasteiger partial charge in [0.05, 0.1) is 10.6 Å². The number of nitrogens with zero attached hydrogens (tertiary/aromatic N) is 1. The molecule has 0 radical (unpaired) electrons. The highest BCUT2D eigenvalue weighted by Gasteiger charge is 2.25. The lowest BCUT2D eigenvalue weighted by Gasteiger charge is -2.37. The highest BCUT2D eigenvalue weighted by molar-refractivity contribution is 9.10. The number of nitrogens with two attached hydrogens (primary N) is 1. The average molecular weight is 345 g/mol. The Bertz CT molecular complexity index is 436. The SMILES string of the molecule is CCOC1CCN(C(CN)c2ccc(Br)c(F)c2)CC1. The van der Waals surface area contributed by atoms with Crippen molar-refractivity contribution in [2.45, 2.75) is 31.9 Å². The Labute approximate surface area is 128 Å². The summed E-state index contributed by atoms with van der Waals surface area (Å²) in [5, 5.41) is 0. The van der Waals surface area contributed by atoms with E-state index in [4.69, 9.17) is 10.5 Å². The van der Waals surface area contributed by atoms with Gasteiger partial charge in [0.1, 0.15) is 5.82 Å². The van der Waals surface area contributed by atoms with Gasteiger partial charge < -0.3 is 10.5 Å². The third kappa shape index (κ3) is 3.79. The van der Waals surface area contributed by atoms with E-state index >= 15 is 0 Å². The largest absolute Gasteiger partial charge is 0.378 e. The molecule has 1 heterocycles. The molecule has 0 aliphatic carbocycles. The van der Waals surface area contributed by atoms with Gasteiger partial charge in [-0.3, -0.25) is 4.90 Å². The Hall–Kier alpha value is -0.490. The predicted octanol–water partition coefficient (Wildman–Crippen LogP) is 3.09. The molecule has 1 saturated heterocycles. The number of halogens is 2. The van der Waals surface area contributed by atoms with Crippen molar-refractivity contribution in [2.24, 2.45) is 5.73 Å². The van der Waals surface area contributed by atoms with Crippen molar-refractivity contribution in [3.05, 3.63) is 34.1 Å². The summed E-state index contributed by atoms with van der Waals surface area (Å²) in [5.74, 6) is -0.231. The van der Waals surface area contributed by atoms with E-state index in [1.807, 2.05) is 13.0 Å². The first-order valence-electron chi connectivity index (χ1n) is 7.16. The molecule has 1 unspecified atom stereocenters. The maximum absolute atomic E-state index is 13.7. The van der Waals surface area contributed by atoms with Crippen LogP contribution in [0.1, 0.15) is 31.4 Å². The lowest BCUT2D eigenvalue weighted by atomic mass is 10.0. The van der Waals surface area contributed by atoms with Crippen molar-refractivity contribution < 1.29 is 9.13 Å². The van der Waals surface area contributed by atoms with Crippen molar-refractivity contribution in [3.63, 3.8) is 0 Å². The van der Waals surface area contributed by atoms with Crippen molar-refractivity contribution in [2.75, 3.05) is 26.2 Å². The molecule has 1 aromatic rings. The molecule has 3 nitrogen and oxygen atoms in total. The molecule has 0 saturated carbocycles. The van der Waals surface area contributed by atoms with Crippen LogP contribution >= 0.6 is 15.9 Å². The molecule has 0 spiro atoms. The lowest BCUT2D eigenvalue weighted by molar-refractivity contribution is 0.00449. The second-order valence-corrected chi connectivity index (χ2v) is 5.97. The van der Waals surface area contributed by atoms with Gasteiger partial charge in [-0.25, -0.2) is 4.39 Å². The van der Waals surface area contributed by atoms with E-state index in [1.54, 1.807) is 12.1 Å². The molecule has 5 heteroatoms. The van der Waals surface area contributed by atoms with Gasteiger partial charge in [0.25, 0.3) is 0 Å². The fraction of sp³-hybridized carbons (Fsp3) is 0.600. The van der Waals surface area contributed by atoms with Gasteiger partial charge in [-0.2, -0.15) is 0 Å². The fourth-order valence-corrected chi connectivity index (χ4v) is 3.05. The number of benzene rings is 1. The van der Waals surface area contributed by atoms with Gasteiger partial charge in [0.2, 0.25) is 0 Å². The first-order valence-corrected chi connectivity index (χ1v) is 7.95. The summed E-state index contributed by atoms with van der Waals surface area (Å²) in [6.07, 6.45) is 2.39. The van der Waals surface area contributed by atoms with Gasteiger partial charge in [0.15, 0.2) is 0 Å². The van der Waals surface area contributed by atoms with Crippen LogP contribution in [0.3, 0.4) is 0 Å². The van der Waals surface area contributed by atoms with Gasteiger partial charge in [-0.05, 0) is 53.4 Å². The van der Waals surface area contributed by atoms with Gasteiger partial charge >= 0.3 is 0 Å². The summed E-state index contributed by atoms with van der Waals surface area (Å²) in [7, 11) is 0. The summed E-state index contributed by atoms with van der Waals surface area (Å²) < 4.78 is 19.8. The maximum atomic E-state index is 13.7. The van der Waals surface area contributed by atoms with Crippen LogP contribution in [0.5, 0.6) is 0 Å². The van der Waals surface area contributed by atoms with Crippen LogP contribution in [-0.2, 0) is 4.74 Å². The zero-order chi connectivity index (χ0) is 14.5. The minimum Gasteiger partial charge on any atom is -0.378 e. The molecule has 1 aliphatic heterocycles. The second-order valence-electron chi connectivity index (χ2n) is 5.12. The van der Waals surface area contributed by atoms with Gasteiger partial charge in [-0.15, -0.1) is 0 Å². The highest BCUT2D eigenvalue weighted by Crippen LogP contribution is 2.27. The topological polar surface area (TPSA) is 38.5 Å². The Morgan fingerprint density at radius 3 is 2.70 bits per heavy atom. The van der Waals surface area contributed by atoms with Crippen LogP contribution in [-0.4, -0.2) is 37.2 Å². The number of likely N-dealkylation sites (tertiary alicyclic amines) is 1. The molecule has 2 rings (SSSR count). The zero-order valence-electron chi connectivity index (χ0n) is 11.8. The number of rotatable bonds is 5.